The molecule has 1 aliphatic rings. The minimum Gasteiger partial charge on any atom is -0.179 e. The minimum absolute atomic E-state index is 0.951. The van der Waals surface area contributed by atoms with Crippen LogP contribution in [-0.2, 0) is 12.8 Å². The van der Waals surface area contributed by atoms with Crippen LogP contribution in [0.4, 0.5) is 0 Å². The molecule has 1 aliphatic carbocycles. The van der Waals surface area contributed by atoms with Crippen LogP contribution < -0.4 is 0 Å². The van der Waals surface area contributed by atoms with Crippen LogP contribution in [0.1, 0.15) is 24.0 Å². The highest BCUT2D eigenvalue weighted by molar-refractivity contribution is 7.80. The predicted octanol–water partition coefficient (Wildman–Crippen LogP) is 3.11. The highest BCUT2D eigenvalue weighted by Crippen LogP contribution is 2.32. The quantitative estimate of drug-likeness (QED) is 0.696. The number of thiol groups is 1. The Bertz CT molecular complexity index is 276. The summed E-state index contributed by atoms with van der Waals surface area (Å²) in [6.07, 6.45) is 5.27. The third-order valence-electron chi connectivity index (χ3n) is 2.61. The Morgan fingerprint density at radius 3 is 2.69 bits per heavy atom. The Morgan fingerprint density at radius 2 is 2.00 bits per heavy atom. The first kappa shape index (κ1) is 9.14. The lowest BCUT2D eigenvalue weighted by atomic mass is 10.0. The Hall–Kier alpha value is -0.430. The molecule has 1 heteroatoms. The zero-order valence-corrected chi connectivity index (χ0v) is 8.76. The van der Waals surface area contributed by atoms with Gasteiger partial charge in [-0.3, -0.25) is 0 Å². The molecule has 1 aromatic rings. The standard InChI is InChI=1S/C12H16S/c13-7-6-10-2-1-3-12(8-10)9-11-4-5-11/h1-3,8,11,13H,4-7,9H2. The monoisotopic (exact) mass is 192 g/mol. The smallest absolute Gasteiger partial charge is 0.00574 e. The van der Waals surface area contributed by atoms with Crippen molar-refractivity contribution in [3.63, 3.8) is 0 Å². The van der Waals surface area contributed by atoms with Gasteiger partial charge in [0.05, 0.1) is 0 Å². The second kappa shape index (κ2) is 4.19. The molecule has 0 saturated heterocycles. The average Bonchev–Trinajstić information content (AvgIpc) is 2.90. The molecule has 0 N–H and O–H groups in total. The largest absolute Gasteiger partial charge is 0.179 e. The molecule has 0 atom stereocenters. The van der Waals surface area contributed by atoms with E-state index in [-0.39, 0.29) is 0 Å². The normalized spacial score (nSPS) is 16.1. The molecule has 0 spiro atoms. The van der Waals surface area contributed by atoms with E-state index in [2.05, 4.69) is 36.9 Å². The first-order valence-electron chi connectivity index (χ1n) is 5.07. The zero-order chi connectivity index (χ0) is 9.10. The Balaban J connectivity index is 2.02. The molecule has 0 aromatic heterocycles. The van der Waals surface area contributed by atoms with Crippen molar-refractivity contribution < 1.29 is 0 Å². The summed E-state index contributed by atoms with van der Waals surface area (Å²) in [5.74, 6) is 1.94. The summed E-state index contributed by atoms with van der Waals surface area (Å²) < 4.78 is 0. The van der Waals surface area contributed by atoms with Gasteiger partial charge in [0.2, 0.25) is 0 Å². The van der Waals surface area contributed by atoms with Crippen LogP contribution in [0.25, 0.3) is 0 Å². The maximum absolute atomic E-state index is 4.25. The van der Waals surface area contributed by atoms with E-state index in [1.165, 1.54) is 30.4 Å². The van der Waals surface area contributed by atoms with E-state index in [1.54, 1.807) is 0 Å². The van der Waals surface area contributed by atoms with Crippen LogP contribution in [0.15, 0.2) is 24.3 Å². The molecular weight excluding hydrogens is 176 g/mol. The fourth-order valence-corrected chi connectivity index (χ4v) is 1.95. The van der Waals surface area contributed by atoms with E-state index in [4.69, 9.17) is 0 Å². The third kappa shape index (κ3) is 2.77. The van der Waals surface area contributed by atoms with Gasteiger partial charge in [0.15, 0.2) is 0 Å². The van der Waals surface area contributed by atoms with Gasteiger partial charge < -0.3 is 0 Å². The molecule has 0 nitrogen and oxygen atoms in total. The topological polar surface area (TPSA) is 0 Å². The van der Waals surface area contributed by atoms with E-state index in [0.717, 1.165) is 18.1 Å². The van der Waals surface area contributed by atoms with Crippen LogP contribution in [0.3, 0.4) is 0 Å². The maximum Gasteiger partial charge on any atom is -0.00574 e. The molecule has 0 bridgehead atoms. The van der Waals surface area contributed by atoms with Gasteiger partial charge in [-0.05, 0) is 48.5 Å². The van der Waals surface area contributed by atoms with Crippen molar-refractivity contribution in [2.75, 3.05) is 5.75 Å². The summed E-state index contributed by atoms with van der Waals surface area (Å²) in [7, 11) is 0. The molecule has 70 valence electrons. The van der Waals surface area contributed by atoms with Gasteiger partial charge in [-0.25, -0.2) is 0 Å². The first-order chi connectivity index (χ1) is 6.38. The highest BCUT2D eigenvalue weighted by Gasteiger charge is 2.21. The van der Waals surface area contributed by atoms with E-state index >= 15 is 0 Å². The van der Waals surface area contributed by atoms with Gasteiger partial charge in [-0.1, -0.05) is 24.3 Å². The molecule has 0 heterocycles. The molecule has 13 heavy (non-hydrogen) atoms. The molecular formula is C12H16S. The van der Waals surface area contributed by atoms with Gasteiger partial charge in [-0.2, -0.15) is 12.6 Å². The molecule has 1 saturated carbocycles. The SMILES string of the molecule is SCCc1cccc(CC2CC2)c1. The third-order valence-corrected chi connectivity index (χ3v) is 2.84. The average molecular weight is 192 g/mol. The van der Waals surface area contributed by atoms with Crippen molar-refractivity contribution in [3.8, 4) is 0 Å². The van der Waals surface area contributed by atoms with E-state index < -0.39 is 0 Å². The van der Waals surface area contributed by atoms with Crippen LogP contribution in [-0.4, -0.2) is 5.75 Å². The summed E-state index contributed by atoms with van der Waals surface area (Å²) in [5, 5.41) is 0. The molecule has 2 rings (SSSR count). The summed E-state index contributed by atoms with van der Waals surface area (Å²) in [5.41, 5.74) is 2.95. The number of benzene rings is 1. The molecule has 0 aliphatic heterocycles. The lowest BCUT2D eigenvalue weighted by molar-refractivity contribution is 0.830. The molecule has 1 aromatic carbocycles. The van der Waals surface area contributed by atoms with E-state index in [1.807, 2.05) is 0 Å². The molecule has 0 radical (unpaired) electrons. The van der Waals surface area contributed by atoms with Crippen molar-refractivity contribution >= 4 is 12.6 Å². The lowest BCUT2D eigenvalue weighted by Gasteiger charge is -2.02. The van der Waals surface area contributed by atoms with Gasteiger partial charge in [-0.15, -0.1) is 0 Å². The van der Waals surface area contributed by atoms with Crippen LogP contribution in [0, 0.1) is 5.92 Å². The number of hydrogen-bond donors (Lipinski definition) is 1. The summed E-state index contributed by atoms with van der Waals surface area (Å²) in [4.78, 5) is 0. The van der Waals surface area contributed by atoms with Gasteiger partial charge in [0.25, 0.3) is 0 Å². The van der Waals surface area contributed by atoms with Gasteiger partial charge in [0.1, 0.15) is 0 Å². The maximum atomic E-state index is 4.25. The Morgan fingerprint density at radius 1 is 1.23 bits per heavy atom. The van der Waals surface area contributed by atoms with Crippen LogP contribution in [0.2, 0.25) is 0 Å². The lowest BCUT2D eigenvalue weighted by Crippen LogP contribution is -1.91. The summed E-state index contributed by atoms with van der Waals surface area (Å²) >= 11 is 4.25. The van der Waals surface area contributed by atoms with E-state index in [0.29, 0.717) is 0 Å². The van der Waals surface area contributed by atoms with Gasteiger partial charge in [0, 0.05) is 0 Å². The van der Waals surface area contributed by atoms with Crippen LogP contribution >= 0.6 is 12.6 Å². The number of rotatable bonds is 4. The van der Waals surface area contributed by atoms with E-state index in [9.17, 15) is 0 Å². The number of aryl methyl sites for hydroxylation is 1. The summed E-state index contributed by atoms with van der Waals surface area (Å²) in [6.45, 7) is 0. The summed E-state index contributed by atoms with van der Waals surface area (Å²) in [6, 6.07) is 8.97. The van der Waals surface area contributed by atoms with Crippen molar-refractivity contribution in [1.82, 2.24) is 0 Å². The fourth-order valence-electron chi connectivity index (χ4n) is 1.70. The van der Waals surface area contributed by atoms with Crippen molar-refractivity contribution in [2.24, 2.45) is 5.92 Å². The molecule has 0 amide bonds. The predicted molar refractivity (Wildman–Crippen MR) is 60.4 cm³/mol. The first-order valence-corrected chi connectivity index (χ1v) is 5.70. The Labute approximate surface area is 85.8 Å². The molecule has 0 unspecified atom stereocenters. The fraction of sp³-hybridized carbons (Fsp3) is 0.500. The van der Waals surface area contributed by atoms with Gasteiger partial charge >= 0.3 is 0 Å². The van der Waals surface area contributed by atoms with Crippen LogP contribution in [0.5, 0.6) is 0 Å². The van der Waals surface area contributed by atoms with Crippen molar-refractivity contribution in [1.29, 1.82) is 0 Å². The highest BCUT2D eigenvalue weighted by atomic mass is 32.1. The second-order valence-electron chi connectivity index (χ2n) is 3.94. The minimum atomic E-state index is 0.951. The Kier molecular flexibility index (Phi) is 2.94. The number of hydrogen-bond acceptors (Lipinski definition) is 1. The molecule has 1 fully saturated rings. The van der Waals surface area contributed by atoms with Crippen molar-refractivity contribution in [2.45, 2.75) is 25.7 Å². The second-order valence-corrected chi connectivity index (χ2v) is 4.39. The zero-order valence-electron chi connectivity index (χ0n) is 7.87. The van der Waals surface area contributed by atoms with Crippen molar-refractivity contribution in [3.05, 3.63) is 35.4 Å².